The van der Waals surface area contributed by atoms with E-state index in [2.05, 4.69) is 35.5 Å². The molecule has 4 bridgehead atoms. The second-order valence-corrected chi connectivity index (χ2v) is 15.3. The maximum absolute atomic E-state index is 11.2. The third-order valence-electron chi connectivity index (χ3n) is 11.0. The topological polar surface area (TPSA) is 189 Å². The van der Waals surface area contributed by atoms with Gasteiger partial charge >= 0.3 is 6.40 Å². The third-order valence-corrected chi connectivity index (χ3v) is 11.4. The van der Waals surface area contributed by atoms with E-state index in [1.165, 1.54) is 36.4 Å². The lowest BCUT2D eigenvalue weighted by molar-refractivity contribution is -0.385. The lowest BCUT2D eigenvalue weighted by atomic mass is 10.0. The Morgan fingerprint density at radius 1 is 0.415 bits per heavy atom. The van der Waals surface area contributed by atoms with Crippen molar-refractivity contribution < 1.29 is 14.8 Å². The molecular formula is C48H21BClN9O6. The Hall–Kier alpha value is -9.43. The van der Waals surface area contributed by atoms with Gasteiger partial charge in [0.2, 0.25) is 0 Å². The Morgan fingerprint density at radius 2 is 0.831 bits per heavy atom. The quantitative estimate of drug-likeness (QED) is 0.0752. The first-order valence-electron chi connectivity index (χ1n) is 19.6. The van der Waals surface area contributed by atoms with Gasteiger partial charge in [-0.15, -0.1) is 11.5 Å². The molecule has 0 spiro atoms. The first kappa shape index (κ1) is 38.5. The Labute approximate surface area is 370 Å². The maximum atomic E-state index is 11.2. The number of nitro groups is 3. The molecule has 304 valence electrons. The molecular weight excluding hydrogens is 845 g/mol. The number of fused-ring (bicyclic) bond motifs is 10. The van der Waals surface area contributed by atoms with E-state index in [0.29, 0.717) is 84.2 Å². The van der Waals surface area contributed by atoms with Gasteiger partial charge in [-0.05, 0) is 91.0 Å². The van der Waals surface area contributed by atoms with Crippen LogP contribution >= 0.6 is 11.5 Å². The zero-order chi connectivity index (χ0) is 44.5. The van der Waals surface area contributed by atoms with Crippen LogP contribution in [0.2, 0.25) is 0 Å². The highest BCUT2D eigenvalue weighted by Crippen LogP contribution is 2.42. The fraction of sp³-hybridized carbons (Fsp3) is 0. The van der Waals surface area contributed by atoms with Crippen LogP contribution in [-0.2, 0) is 0 Å². The first-order chi connectivity index (χ1) is 31.6. The molecule has 5 heterocycles. The third kappa shape index (κ3) is 6.65. The molecule has 0 amide bonds. The summed E-state index contributed by atoms with van der Waals surface area (Å²) in [4.78, 5) is 52.8. The number of halogens is 1. The number of hydrogen-bond acceptors (Lipinski definition) is 10. The van der Waals surface area contributed by atoms with Gasteiger partial charge in [0.1, 0.15) is 22.6 Å². The molecule has 17 heteroatoms. The summed E-state index contributed by atoms with van der Waals surface area (Å²) in [7, 11) is 0. The van der Waals surface area contributed by atoms with Crippen molar-refractivity contribution in [2.45, 2.75) is 0 Å². The summed E-state index contributed by atoms with van der Waals surface area (Å²) in [5.41, 5.74) is 6.14. The Balaban J connectivity index is 1.10. The van der Waals surface area contributed by atoms with Gasteiger partial charge in [0.25, 0.3) is 17.1 Å². The van der Waals surface area contributed by atoms with Crippen LogP contribution in [-0.4, -0.2) is 41.8 Å². The summed E-state index contributed by atoms with van der Waals surface area (Å²) in [5, 5.41) is 36.5. The lowest BCUT2D eigenvalue weighted by Gasteiger charge is -2.18. The van der Waals surface area contributed by atoms with Gasteiger partial charge in [-0.1, -0.05) is 35.5 Å². The summed E-state index contributed by atoms with van der Waals surface area (Å²) in [6.45, 7) is 0. The molecule has 15 nitrogen and oxygen atoms in total. The molecule has 3 aliphatic heterocycles. The number of aliphatic imine (C=N–C) groups is 2. The van der Waals surface area contributed by atoms with Crippen molar-refractivity contribution in [1.82, 2.24) is 8.96 Å². The van der Waals surface area contributed by atoms with Crippen LogP contribution in [0.3, 0.4) is 0 Å². The zero-order valence-electron chi connectivity index (χ0n) is 33.1. The van der Waals surface area contributed by atoms with Gasteiger partial charge in [-0.3, -0.25) is 30.3 Å². The maximum Gasteiger partial charge on any atom is 0.499 e. The first-order valence-corrected chi connectivity index (χ1v) is 20.0. The number of benzene rings is 6. The van der Waals surface area contributed by atoms with Gasteiger partial charge in [-0.25, -0.2) is 20.0 Å². The SMILES string of the molecule is O=[N+]([O-])c1ccc(C#Cc2ccc3c(c2)C2=Nc4c5ccc(C#Cc6ccc([N+](=O)[O-])cc6)cc5c5n4B(Cl)n4c(c6ccc(C#Cc7ccc([N+](=O)[O-])cc7)cc6c4=N5)=NC3=N2)cc1. The summed E-state index contributed by atoms with van der Waals surface area (Å²) >= 11 is 7.57. The molecule has 65 heavy (non-hydrogen) atoms. The predicted molar refractivity (Wildman–Crippen MR) is 245 cm³/mol. The van der Waals surface area contributed by atoms with Crippen LogP contribution in [0, 0.1) is 65.9 Å². The number of nitro benzene ring substituents is 3. The van der Waals surface area contributed by atoms with Crippen LogP contribution in [0.4, 0.5) is 28.7 Å². The largest absolute Gasteiger partial charge is 0.499 e. The molecule has 0 atom stereocenters. The lowest BCUT2D eigenvalue weighted by Crippen LogP contribution is -2.44. The molecule has 0 saturated carbocycles. The molecule has 2 aromatic heterocycles. The van der Waals surface area contributed by atoms with Crippen LogP contribution in [0.25, 0.3) is 21.5 Å². The highest BCUT2D eigenvalue weighted by atomic mass is 35.5. The Kier molecular flexibility index (Phi) is 8.82. The fourth-order valence-electron chi connectivity index (χ4n) is 7.83. The molecule has 0 aliphatic carbocycles. The molecule has 0 fully saturated rings. The summed E-state index contributed by atoms with van der Waals surface area (Å²) in [5.74, 6) is 20.6. The normalized spacial score (nSPS) is 12.5. The summed E-state index contributed by atoms with van der Waals surface area (Å²) in [6.07, 6.45) is -0.899. The number of rotatable bonds is 3. The standard InChI is InChI=1S/C48H21BClN9O6/c50-49-55-45-38-23-14-32(5-2-29-9-18-35(19-10-29)58(62)63)26-41(38)47(55)54-48-42-27-33(6-3-30-11-20-36(21-12-30)59(64)65)15-24-39(42)46(56(48)49)53-44-40-25-31(13-22-37(40)43(51-44)52-45)4-1-28-7-16-34(17-8-28)57(60)61/h7-27H. The van der Waals surface area contributed by atoms with E-state index >= 15 is 0 Å². The Bertz CT molecular complexity index is 3900. The minimum Gasteiger partial charge on any atom is -0.319 e. The van der Waals surface area contributed by atoms with Crippen molar-refractivity contribution in [2.24, 2.45) is 20.0 Å². The molecule has 11 rings (SSSR count). The summed E-state index contributed by atoms with van der Waals surface area (Å²) in [6, 6.07) is 35.0. The van der Waals surface area contributed by atoms with E-state index in [4.69, 9.17) is 31.4 Å². The van der Waals surface area contributed by atoms with Crippen LogP contribution in [0.1, 0.15) is 44.5 Å². The molecule has 0 N–H and O–H groups in total. The highest BCUT2D eigenvalue weighted by molar-refractivity contribution is 7.05. The monoisotopic (exact) mass is 865 g/mol. The Morgan fingerprint density at radius 3 is 1.37 bits per heavy atom. The van der Waals surface area contributed by atoms with Crippen molar-refractivity contribution in [3.63, 3.8) is 0 Å². The number of non-ortho nitro benzene ring substituents is 3. The van der Waals surface area contributed by atoms with E-state index in [1.807, 2.05) is 63.6 Å². The van der Waals surface area contributed by atoms with E-state index in [1.54, 1.807) is 36.4 Å². The van der Waals surface area contributed by atoms with Gasteiger partial charge < -0.3 is 8.96 Å². The minimum atomic E-state index is -0.899. The minimum absolute atomic E-state index is 0.0256. The van der Waals surface area contributed by atoms with E-state index < -0.39 is 21.2 Å². The van der Waals surface area contributed by atoms with Gasteiger partial charge in [-0.2, -0.15) is 0 Å². The molecule has 6 aromatic carbocycles. The molecule has 8 aromatic rings. The van der Waals surface area contributed by atoms with Crippen LogP contribution in [0.5, 0.6) is 0 Å². The zero-order valence-corrected chi connectivity index (χ0v) is 33.8. The average Bonchev–Trinajstić information content (AvgIpc) is 3.94. The van der Waals surface area contributed by atoms with Gasteiger partial charge in [0.15, 0.2) is 11.7 Å². The van der Waals surface area contributed by atoms with Crippen molar-refractivity contribution >= 4 is 79.8 Å². The number of nitrogens with zero attached hydrogens (tertiary/aromatic N) is 9. The second-order valence-electron chi connectivity index (χ2n) is 14.9. The molecule has 3 aliphatic rings. The molecule has 0 saturated heterocycles. The number of hydrogen-bond donors (Lipinski definition) is 0. The average molecular weight is 866 g/mol. The predicted octanol–water partition coefficient (Wildman–Crippen LogP) is 7.88. The fourth-order valence-corrected chi connectivity index (χ4v) is 8.20. The molecule has 0 unspecified atom stereocenters. The summed E-state index contributed by atoms with van der Waals surface area (Å²) < 4.78 is 3.68. The van der Waals surface area contributed by atoms with Gasteiger partial charge in [0, 0.05) is 102 Å². The second kappa shape index (κ2) is 14.9. The van der Waals surface area contributed by atoms with Gasteiger partial charge in [0.05, 0.1) is 14.8 Å². The van der Waals surface area contributed by atoms with Crippen LogP contribution < -0.4 is 11.0 Å². The smallest absolute Gasteiger partial charge is 0.319 e. The number of amidine groups is 2. The number of aromatic nitrogens is 2. The van der Waals surface area contributed by atoms with E-state index in [0.717, 1.165) is 16.2 Å². The van der Waals surface area contributed by atoms with E-state index in [-0.39, 0.29) is 17.1 Å². The van der Waals surface area contributed by atoms with Crippen molar-refractivity contribution in [2.75, 3.05) is 0 Å². The van der Waals surface area contributed by atoms with Crippen molar-refractivity contribution in [3.05, 3.63) is 213 Å². The highest BCUT2D eigenvalue weighted by Gasteiger charge is 2.36. The van der Waals surface area contributed by atoms with E-state index in [9.17, 15) is 30.3 Å². The van der Waals surface area contributed by atoms with Crippen LogP contribution in [0.15, 0.2) is 147 Å². The van der Waals surface area contributed by atoms with Crippen molar-refractivity contribution in [1.29, 1.82) is 0 Å². The molecule has 0 radical (unpaired) electrons. The van der Waals surface area contributed by atoms with Crippen molar-refractivity contribution in [3.8, 4) is 35.5 Å².